The van der Waals surface area contributed by atoms with E-state index in [1.165, 1.54) is 11.2 Å². The normalized spacial score (nSPS) is 17.6. The molecule has 1 saturated heterocycles. The first-order valence-corrected chi connectivity index (χ1v) is 9.55. The summed E-state index contributed by atoms with van der Waals surface area (Å²) in [6.45, 7) is 3.28. The smallest absolute Gasteiger partial charge is 0.244 e. The van der Waals surface area contributed by atoms with Gasteiger partial charge in [0.15, 0.2) is 0 Å². The molecular weight excluding hydrogens is 424 g/mol. The van der Waals surface area contributed by atoms with Crippen LogP contribution in [0, 0.1) is 0 Å². The standard InChI is InChI=1S/C13H16Br2N2O3S/c1-10(18)16-5-2-6-17(8-7-16)21(19,20)13-9-11(14)3-4-12(13)15/h3-4,9H,2,5-8H2,1H3. The first kappa shape index (κ1) is 16.9. The molecule has 1 aliphatic heterocycles. The Bertz CT molecular complexity index is 649. The van der Waals surface area contributed by atoms with Gasteiger partial charge in [0, 0.05) is 42.0 Å². The van der Waals surface area contributed by atoms with Crippen LogP contribution in [-0.2, 0) is 14.8 Å². The van der Waals surface area contributed by atoms with Crippen molar-refractivity contribution in [1.29, 1.82) is 0 Å². The van der Waals surface area contributed by atoms with Crippen LogP contribution >= 0.6 is 31.9 Å². The minimum atomic E-state index is -3.57. The number of carbonyl (C=O) groups is 1. The third-order valence-electron chi connectivity index (χ3n) is 3.41. The minimum absolute atomic E-state index is 0.0158. The van der Waals surface area contributed by atoms with Crippen molar-refractivity contribution in [1.82, 2.24) is 9.21 Å². The molecular formula is C13H16Br2N2O3S. The van der Waals surface area contributed by atoms with Crippen LogP contribution in [0.25, 0.3) is 0 Å². The Balaban J connectivity index is 2.27. The molecule has 21 heavy (non-hydrogen) atoms. The van der Waals surface area contributed by atoms with Gasteiger partial charge in [-0.25, -0.2) is 8.42 Å². The second kappa shape index (κ2) is 6.76. The van der Waals surface area contributed by atoms with Crippen molar-refractivity contribution in [2.24, 2.45) is 0 Å². The van der Waals surface area contributed by atoms with E-state index in [0.717, 1.165) is 0 Å². The average molecular weight is 440 g/mol. The highest BCUT2D eigenvalue weighted by atomic mass is 79.9. The summed E-state index contributed by atoms with van der Waals surface area (Å²) in [7, 11) is -3.57. The van der Waals surface area contributed by atoms with Crippen molar-refractivity contribution in [3.8, 4) is 0 Å². The van der Waals surface area contributed by atoms with Gasteiger partial charge in [0.25, 0.3) is 0 Å². The van der Waals surface area contributed by atoms with Crippen molar-refractivity contribution in [2.45, 2.75) is 18.2 Å². The number of hydrogen-bond acceptors (Lipinski definition) is 3. The number of nitrogens with zero attached hydrogens (tertiary/aromatic N) is 2. The lowest BCUT2D eigenvalue weighted by Crippen LogP contribution is -2.36. The van der Waals surface area contributed by atoms with Crippen LogP contribution in [0.3, 0.4) is 0 Å². The monoisotopic (exact) mass is 438 g/mol. The van der Waals surface area contributed by atoms with Crippen molar-refractivity contribution >= 4 is 47.8 Å². The fourth-order valence-electron chi connectivity index (χ4n) is 2.26. The van der Waals surface area contributed by atoms with Crippen LogP contribution in [0.2, 0.25) is 0 Å². The maximum absolute atomic E-state index is 12.8. The molecule has 0 radical (unpaired) electrons. The Morgan fingerprint density at radius 1 is 1.14 bits per heavy atom. The number of hydrogen-bond donors (Lipinski definition) is 0. The third kappa shape index (κ3) is 3.85. The fourth-order valence-corrected chi connectivity index (χ4v) is 5.20. The molecule has 0 unspecified atom stereocenters. The van der Waals surface area contributed by atoms with Gasteiger partial charge >= 0.3 is 0 Å². The molecule has 1 aromatic carbocycles. The van der Waals surface area contributed by atoms with Gasteiger partial charge in [-0.1, -0.05) is 15.9 Å². The molecule has 0 aliphatic carbocycles. The van der Waals surface area contributed by atoms with E-state index in [4.69, 9.17) is 0 Å². The number of carbonyl (C=O) groups excluding carboxylic acids is 1. The van der Waals surface area contributed by atoms with Gasteiger partial charge in [-0.05, 0) is 40.5 Å². The van der Waals surface area contributed by atoms with Gasteiger partial charge in [0.1, 0.15) is 0 Å². The lowest BCUT2D eigenvalue weighted by molar-refractivity contribution is -0.128. The fraction of sp³-hybridized carbons (Fsp3) is 0.462. The van der Waals surface area contributed by atoms with Crippen LogP contribution in [0.4, 0.5) is 0 Å². The Morgan fingerprint density at radius 3 is 2.52 bits per heavy atom. The van der Waals surface area contributed by atoms with Gasteiger partial charge in [0.05, 0.1) is 4.90 Å². The Kier molecular flexibility index (Phi) is 5.45. The zero-order valence-corrected chi connectivity index (χ0v) is 15.5. The molecule has 1 aromatic rings. The zero-order chi connectivity index (χ0) is 15.6. The van der Waals surface area contributed by atoms with E-state index in [0.29, 0.717) is 41.5 Å². The highest BCUT2D eigenvalue weighted by Gasteiger charge is 2.29. The number of amides is 1. The minimum Gasteiger partial charge on any atom is -0.342 e. The number of benzene rings is 1. The summed E-state index contributed by atoms with van der Waals surface area (Å²) in [6.07, 6.45) is 0.643. The number of halogens is 2. The summed E-state index contributed by atoms with van der Waals surface area (Å²) in [5.74, 6) is -0.0158. The maximum atomic E-state index is 12.8. The molecule has 1 amide bonds. The van der Waals surface area contributed by atoms with E-state index in [2.05, 4.69) is 31.9 Å². The van der Waals surface area contributed by atoms with Gasteiger partial charge in [-0.2, -0.15) is 4.31 Å². The molecule has 1 aliphatic rings. The van der Waals surface area contributed by atoms with Gasteiger partial charge < -0.3 is 4.90 Å². The largest absolute Gasteiger partial charge is 0.342 e. The lowest BCUT2D eigenvalue weighted by Gasteiger charge is -2.21. The molecule has 0 saturated carbocycles. The summed E-state index contributed by atoms with van der Waals surface area (Å²) in [5.41, 5.74) is 0. The molecule has 8 heteroatoms. The maximum Gasteiger partial charge on any atom is 0.244 e. The predicted octanol–water partition coefficient (Wildman–Crippen LogP) is 2.45. The summed E-state index contributed by atoms with van der Waals surface area (Å²) in [6, 6.07) is 5.08. The molecule has 1 fully saturated rings. The first-order chi connectivity index (χ1) is 9.82. The molecule has 116 valence electrons. The van der Waals surface area contributed by atoms with E-state index in [-0.39, 0.29) is 10.8 Å². The van der Waals surface area contributed by atoms with Crippen molar-refractivity contribution < 1.29 is 13.2 Å². The van der Waals surface area contributed by atoms with E-state index in [9.17, 15) is 13.2 Å². The van der Waals surface area contributed by atoms with E-state index < -0.39 is 10.0 Å². The predicted molar refractivity (Wildman–Crippen MR) is 87.5 cm³/mol. The summed E-state index contributed by atoms with van der Waals surface area (Å²) >= 11 is 6.60. The topological polar surface area (TPSA) is 57.7 Å². The highest BCUT2D eigenvalue weighted by molar-refractivity contribution is 9.11. The molecule has 0 spiro atoms. The average Bonchev–Trinajstić information content (AvgIpc) is 2.67. The molecule has 2 rings (SSSR count). The molecule has 5 nitrogen and oxygen atoms in total. The van der Waals surface area contributed by atoms with E-state index in [1.54, 1.807) is 23.1 Å². The lowest BCUT2D eigenvalue weighted by atomic mass is 10.4. The molecule has 0 bridgehead atoms. The second-order valence-corrected chi connectivity index (χ2v) is 8.51. The SMILES string of the molecule is CC(=O)N1CCCN(S(=O)(=O)c2cc(Br)ccc2Br)CC1. The molecule has 1 heterocycles. The first-order valence-electron chi connectivity index (χ1n) is 6.53. The molecule has 0 N–H and O–H groups in total. The van der Waals surface area contributed by atoms with Crippen molar-refractivity contribution in [2.75, 3.05) is 26.2 Å². The van der Waals surface area contributed by atoms with Crippen LogP contribution in [0.5, 0.6) is 0 Å². The van der Waals surface area contributed by atoms with Crippen molar-refractivity contribution in [3.05, 3.63) is 27.1 Å². The second-order valence-electron chi connectivity index (χ2n) is 4.84. The van der Waals surface area contributed by atoms with Gasteiger partial charge in [-0.3, -0.25) is 4.79 Å². The summed E-state index contributed by atoms with van der Waals surface area (Å²) in [4.78, 5) is 13.4. The third-order valence-corrected chi connectivity index (χ3v) is 6.80. The van der Waals surface area contributed by atoms with Crippen LogP contribution in [-0.4, -0.2) is 49.7 Å². The Morgan fingerprint density at radius 2 is 1.86 bits per heavy atom. The van der Waals surface area contributed by atoms with Crippen LogP contribution in [0.15, 0.2) is 32.0 Å². The quantitative estimate of drug-likeness (QED) is 0.711. The van der Waals surface area contributed by atoms with Gasteiger partial charge in [-0.15, -0.1) is 0 Å². The highest BCUT2D eigenvalue weighted by Crippen LogP contribution is 2.28. The van der Waals surface area contributed by atoms with Crippen LogP contribution < -0.4 is 0 Å². The number of rotatable bonds is 2. The van der Waals surface area contributed by atoms with Crippen LogP contribution in [0.1, 0.15) is 13.3 Å². The van der Waals surface area contributed by atoms with Crippen molar-refractivity contribution in [3.63, 3.8) is 0 Å². The zero-order valence-electron chi connectivity index (χ0n) is 11.6. The van der Waals surface area contributed by atoms with E-state index >= 15 is 0 Å². The molecule has 0 atom stereocenters. The number of sulfonamides is 1. The Hall–Kier alpha value is -0.440. The summed E-state index contributed by atoms with van der Waals surface area (Å²) < 4.78 is 28.2. The molecule has 0 aromatic heterocycles. The van der Waals surface area contributed by atoms with E-state index in [1.807, 2.05) is 0 Å². The van der Waals surface area contributed by atoms with Gasteiger partial charge in [0.2, 0.25) is 15.9 Å². The summed E-state index contributed by atoms with van der Waals surface area (Å²) in [5, 5.41) is 0. The Labute approximate surface area is 141 Å².